The zero-order chi connectivity index (χ0) is 13.1. The molecule has 0 bridgehead atoms. The van der Waals surface area contributed by atoms with Gasteiger partial charge >= 0.3 is 0 Å². The number of aromatic amines is 1. The molecule has 0 saturated carbocycles. The van der Waals surface area contributed by atoms with E-state index in [1.54, 1.807) is 6.20 Å². The van der Waals surface area contributed by atoms with Crippen LogP contribution >= 0.6 is 0 Å². The van der Waals surface area contributed by atoms with E-state index in [2.05, 4.69) is 29.4 Å². The van der Waals surface area contributed by atoms with Crippen molar-refractivity contribution in [1.29, 1.82) is 0 Å². The highest BCUT2D eigenvalue weighted by Crippen LogP contribution is 2.17. The van der Waals surface area contributed by atoms with E-state index in [0.29, 0.717) is 11.6 Å². The quantitative estimate of drug-likeness (QED) is 0.850. The van der Waals surface area contributed by atoms with Crippen LogP contribution in [0.15, 0.2) is 6.20 Å². The van der Waals surface area contributed by atoms with E-state index < -0.39 is 0 Å². The average Bonchev–Trinajstić information content (AvgIpc) is 2.83. The zero-order valence-corrected chi connectivity index (χ0v) is 11.4. The van der Waals surface area contributed by atoms with Crippen LogP contribution in [0, 0.1) is 6.92 Å². The van der Waals surface area contributed by atoms with Gasteiger partial charge in [-0.2, -0.15) is 5.10 Å². The number of carbonyl (C=O) groups is 1. The fourth-order valence-corrected chi connectivity index (χ4v) is 2.47. The second kappa shape index (κ2) is 5.52. The van der Waals surface area contributed by atoms with Crippen molar-refractivity contribution in [3.8, 4) is 0 Å². The molecule has 2 heterocycles. The Morgan fingerprint density at radius 1 is 1.50 bits per heavy atom. The first-order valence-electron chi connectivity index (χ1n) is 6.71. The lowest BCUT2D eigenvalue weighted by Crippen LogP contribution is -2.57. The van der Waals surface area contributed by atoms with E-state index in [1.807, 2.05) is 11.8 Å². The standard InChI is InChI=1S/C13H22N4O/c1-4-10-8-17(11(5-2)6-14-10)13(18)12-7-15-16-9(12)3/h7,10-11,14H,4-6,8H2,1-3H3,(H,15,16). The van der Waals surface area contributed by atoms with Gasteiger partial charge in [0.2, 0.25) is 0 Å². The minimum atomic E-state index is 0.105. The zero-order valence-electron chi connectivity index (χ0n) is 11.4. The van der Waals surface area contributed by atoms with Gasteiger partial charge in [-0.05, 0) is 19.8 Å². The van der Waals surface area contributed by atoms with Gasteiger partial charge < -0.3 is 10.2 Å². The summed E-state index contributed by atoms with van der Waals surface area (Å²) in [6.45, 7) is 7.84. The van der Waals surface area contributed by atoms with Gasteiger partial charge in [0, 0.05) is 30.9 Å². The van der Waals surface area contributed by atoms with Crippen LogP contribution in [0.4, 0.5) is 0 Å². The molecule has 2 unspecified atom stereocenters. The number of aromatic nitrogens is 2. The van der Waals surface area contributed by atoms with Crippen molar-refractivity contribution in [3.05, 3.63) is 17.5 Å². The maximum atomic E-state index is 12.6. The Bertz CT molecular complexity index is 415. The summed E-state index contributed by atoms with van der Waals surface area (Å²) in [6.07, 6.45) is 3.66. The number of amides is 1. The minimum Gasteiger partial charge on any atom is -0.333 e. The second-order valence-corrected chi connectivity index (χ2v) is 4.94. The highest BCUT2D eigenvalue weighted by molar-refractivity contribution is 5.95. The molecule has 2 atom stereocenters. The third-order valence-electron chi connectivity index (χ3n) is 3.79. The molecule has 1 saturated heterocycles. The molecule has 1 aliphatic rings. The number of H-pyrrole nitrogens is 1. The topological polar surface area (TPSA) is 61.0 Å². The number of rotatable bonds is 3. The number of nitrogens with one attached hydrogen (secondary N) is 2. The van der Waals surface area contributed by atoms with E-state index >= 15 is 0 Å². The molecular formula is C13H22N4O. The molecule has 1 aliphatic heterocycles. The van der Waals surface area contributed by atoms with Crippen molar-refractivity contribution in [2.75, 3.05) is 13.1 Å². The molecule has 0 spiro atoms. The Morgan fingerprint density at radius 2 is 2.28 bits per heavy atom. The van der Waals surface area contributed by atoms with Gasteiger partial charge in [0.25, 0.3) is 5.91 Å². The van der Waals surface area contributed by atoms with Gasteiger partial charge in [-0.3, -0.25) is 9.89 Å². The molecule has 1 aromatic rings. The first-order valence-corrected chi connectivity index (χ1v) is 6.71. The summed E-state index contributed by atoms with van der Waals surface area (Å²) in [6, 6.07) is 0.693. The van der Waals surface area contributed by atoms with E-state index in [-0.39, 0.29) is 11.9 Å². The van der Waals surface area contributed by atoms with Gasteiger partial charge in [-0.25, -0.2) is 0 Å². The Labute approximate surface area is 108 Å². The van der Waals surface area contributed by atoms with Gasteiger partial charge in [0.1, 0.15) is 0 Å². The molecule has 2 rings (SSSR count). The van der Waals surface area contributed by atoms with Crippen LogP contribution in [0.25, 0.3) is 0 Å². The molecule has 0 aromatic carbocycles. The summed E-state index contributed by atoms with van der Waals surface area (Å²) < 4.78 is 0. The van der Waals surface area contributed by atoms with Gasteiger partial charge in [-0.15, -0.1) is 0 Å². The molecule has 5 heteroatoms. The molecule has 18 heavy (non-hydrogen) atoms. The fraction of sp³-hybridized carbons (Fsp3) is 0.692. The molecule has 5 nitrogen and oxygen atoms in total. The number of aryl methyl sites for hydroxylation is 1. The first kappa shape index (κ1) is 13.1. The van der Waals surface area contributed by atoms with E-state index in [4.69, 9.17) is 0 Å². The van der Waals surface area contributed by atoms with Crippen LogP contribution in [0.3, 0.4) is 0 Å². The van der Waals surface area contributed by atoms with Crippen molar-refractivity contribution in [3.63, 3.8) is 0 Å². The number of carbonyl (C=O) groups excluding carboxylic acids is 1. The van der Waals surface area contributed by atoms with Crippen molar-refractivity contribution in [2.24, 2.45) is 0 Å². The largest absolute Gasteiger partial charge is 0.333 e. The lowest BCUT2D eigenvalue weighted by Gasteiger charge is -2.40. The Kier molecular flexibility index (Phi) is 4.01. The molecule has 1 fully saturated rings. The van der Waals surface area contributed by atoms with Crippen LogP contribution < -0.4 is 5.32 Å². The van der Waals surface area contributed by atoms with E-state index in [1.165, 1.54) is 0 Å². The Hall–Kier alpha value is -1.36. The van der Waals surface area contributed by atoms with Crippen LogP contribution in [0.2, 0.25) is 0 Å². The maximum Gasteiger partial charge on any atom is 0.257 e. The molecule has 2 N–H and O–H groups in total. The van der Waals surface area contributed by atoms with Crippen LogP contribution in [0.5, 0.6) is 0 Å². The predicted molar refractivity (Wildman–Crippen MR) is 70.5 cm³/mol. The smallest absolute Gasteiger partial charge is 0.257 e. The van der Waals surface area contributed by atoms with Crippen molar-refractivity contribution < 1.29 is 4.79 Å². The number of hydrogen-bond donors (Lipinski definition) is 2. The average molecular weight is 250 g/mol. The van der Waals surface area contributed by atoms with E-state index in [9.17, 15) is 4.79 Å². The monoisotopic (exact) mass is 250 g/mol. The summed E-state index contributed by atoms with van der Waals surface area (Å²) in [7, 11) is 0. The third-order valence-corrected chi connectivity index (χ3v) is 3.79. The number of piperazine rings is 1. The highest BCUT2D eigenvalue weighted by atomic mass is 16.2. The molecule has 100 valence electrons. The SMILES string of the molecule is CCC1CN(C(=O)c2cn[nH]c2C)C(CC)CN1. The maximum absolute atomic E-state index is 12.6. The molecular weight excluding hydrogens is 228 g/mol. The summed E-state index contributed by atoms with van der Waals surface area (Å²) in [5.74, 6) is 0.105. The summed E-state index contributed by atoms with van der Waals surface area (Å²) in [5, 5.41) is 10.3. The van der Waals surface area contributed by atoms with Gasteiger partial charge in [-0.1, -0.05) is 13.8 Å². The molecule has 1 amide bonds. The fourth-order valence-electron chi connectivity index (χ4n) is 2.47. The van der Waals surface area contributed by atoms with Crippen LogP contribution in [-0.4, -0.2) is 46.2 Å². The lowest BCUT2D eigenvalue weighted by molar-refractivity contribution is 0.0575. The van der Waals surface area contributed by atoms with Gasteiger partial charge in [0.05, 0.1) is 11.8 Å². The van der Waals surface area contributed by atoms with Crippen LogP contribution in [0.1, 0.15) is 42.7 Å². The predicted octanol–water partition coefficient (Wildman–Crippen LogP) is 1.32. The lowest BCUT2D eigenvalue weighted by atomic mass is 10.0. The van der Waals surface area contributed by atoms with E-state index in [0.717, 1.165) is 31.6 Å². The second-order valence-electron chi connectivity index (χ2n) is 4.94. The number of hydrogen-bond acceptors (Lipinski definition) is 3. The number of nitrogens with zero attached hydrogens (tertiary/aromatic N) is 2. The van der Waals surface area contributed by atoms with Crippen molar-refractivity contribution >= 4 is 5.91 Å². The summed E-state index contributed by atoms with van der Waals surface area (Å²) in [5.41, 5.74) is 1.55. The minimum absolute atomic E-state index is 0.105. The van der Waals surface area contributed by atoms with Gasteiger partial charge in [0.15, 0.2) is 0 Å². The molecule has 0 aliphatic carbocycles. The Morgan fingerprint density at radius 3 is 2.83 bits per heavy atom. The summed E-state index contributed by atoms with van der Waals surface area (Å²) >= 11 is 0. The Balaban J connectivity index is 2.17. The van der Waals surface area contributed by atoms with Crippen LogP contribution in [-0.2, 0) is 0 Å². The van der Waals surface area contributed by atoms with Crippen molar-refractivity contribution in [1.82, 2.24) is 20.4 Å². The summed E-state index contributed by atoms with van der Waals surface area (Å²) in [4.78, 5) is 14.6. The normalized spacial score (nSPS) is 24.3. The highest BCUT2D eigenvalue weighted by Gasteiger charge is 2.31. The molecule has 1 aromatic heterocycles. The van der Waals surface area contributed by atoms with Crippen molar-refractivity contribution in [2.45, 2.75) is 45.7 Å². The first-order chi connectivity index (χ1) is 8.67. The third kappa shape index (κ3) is 2.41. The molecule has 0 radical (unpaired) electrons.